The first kappa shape index (κ1) is 21.3. The monoisotopic (exact) mass is 406 g/mol. The maximum Gasteiger partial charge on any atom is 0.303 e. The van der Waals surface area contributed by atoms with Gasteiger partial charge in [0.05, 0.1) is 6.10 Å². The second-order valence-corrected chi connectivity index (χ2v) is 11.1. The van der Waals surface area contributed by atoms with Crippen LogP contribution in [0.2, 0.25) is 0 Å². The molecule has 29 heavy (non-hydrogen) atoms. The summed E-state index contributed by atoms with van der Waals surface area (Å²) in [6.45, 7) is 7.52. The van der Waals surface area contributed by atoms with Crippen LogP contribution in [-0.2, 0) is 14.3 Å². The predicted octanol–water partition coefficient (Wildman–Crippen LogP) is 3.50. The molecule has 5 nitrogen and oxygen atoms in total. The lowest BCUT2D eigenvalue weighted by Gasteiger charge is -2.61. The van der Waals surface area contributed by atoms with Gasteiger partial charge in [-0.15, -0.1) is 0 Å². The summed E-state index contributed by atoms with van der Waals surface area (Å²) in [6, 6.07) is 0. The van der Waals surface area contributed by atoms with E-state index in [4.69, 9.17) is 4.74 Å². The van der Waals surface area contributed by atoms with Crippen molar-refractivity contribution in [1.29, 1.82) is 0 Å². The molecular formula is C24H38O5. The maximum atomic E-state index is 13.1. The zero-order valence-corrected chi connectivity index (χ0v) is 18.4. The van der Waals surface area contributed by atoms with E-state index in [1.54, 1.807) is 0 Å². The van der Waals surface area contributed by atoms with Crippen LogP contribution in [0.5, 0.6) is 0 Å². The van der Waals surface area contributed by atoms with Gasteiger partial charge in [-0.3, -0.25) is 9.59 Å². The van der Waals surface area contributed by atoms with Crippen molar-refractivity contribution in [2.75, 3.05) is 6.61 Å². The Hall–Kier alpha value is -0.940. The van der Waals surface area contributed by atoms with E-state index in [0.717, 1.165) is 51.4 Å². The van der Waals surface area contributed by atoms with Gasteiger partial charge in [-0.05, 0) is 86.4 Å². The Morgan fingerprint density at radius 1 is 1.03 bits per heavy atom. The molecule has 164 valence electrons. The number of aliphatic hydroxyl groups is 2. The highest BCUT2D eigenvalue weighted by atomic mass is 16.5. The van der Waals surface area contributed by atoms with Gasteiger partial charge in [-0.2, -0.15) is 0 Å². The van der Waals surface area contributed by atoms with Gasteiger partial charge in [-0.1, -0.05) is 20.8 Å². The van der Waals surface area contributed by atoms with Crippen LogP contribution in [0.4, 0.5) is 0 Å². The van der Waals surface area contributed by atoms with Crippen LogP contribution in [0.25, 0.3) is 0 Å². The predicted molar refractivity (Wildman–Crippen MR) is 109 cm³/mol. The number of ketones is 1. The van der Waals surface area contributed by atoms with Crippen molar-refractivity contribution < 1.29 is 24.5 Å². The van der Waals surface area contributed by atoms with Crippen LogP contribution in [0.1, 0.15) is 79.1 Å². The Kier molecular flexibility index (Phi) is 5.18. The molecule has 0 aromatic rings. The molecule has 4 aliphatic rings. The third-order valence-corrected chi connectivity index (χ3v) is 10.1. The number of hydrogen-bond donors (Lipinski definition) is 2. The second-order valence-electron chi connectivity index (χ2n) is 11.1. The van der Waals surface area contributed by atoms with Gasteiger partial charge in [0.15, 0.2) is 6.61 Å². The molecule has 4 saturated carbocycles. The Morgan fingerprint density at radius 2 is 1.76 bits per heavy atom. The van der Waals surface area contributed by atoms with E-state index in [0.29, 0.717) is 23.7 Å². The number of esters is 1. The van der Waals surface area contributed by atoms with Crippen LogP contribution in [0.15, 0.2) is 0 Å². The zero-order chi connectivity index (χ0) is 21.2. The minimum absolute atomic E-state index is 0.127. The summed E-state index contributed by atoms with van der Waals surface area (Å²) in [4.78, 5) is 24.3. The van der Waals surface area contributed by atoms with E-state index in [2.05, 4.69) is 13.8 Å². The third kappa shape index (κ3) is 2.94. The first-order valence-corrected chi connectivity index (χ1v) is 11.6. The minimum Gasteiger partial charge on any atom is -0.458 e. The van der Waals surface area contributed by atoms with Gasteiger partial charge in [-0.25, -0.2) is 0 Å². The van der Waals surface area contributed by atoms with Crippen molar-refractivity contribution in [2.45, 2.75) is 90.8 Å². The summed E-state index contributed by atoms with van der Waals surface area (Å²) in [6.07, 6.45) is 7.82. The lowest BCUT2D eigenvalue weighted by Crippen LogP contribution is -2.60. The van der Waals surface area contributed by atoms with E-state index in [9.17, 15) is 19.8 Å². The van der Waals surface area contributed by atoms with Crippen molar-refractivity contribution in [1.82, 2.24) is 0 Å². The molecule has 0 aromatic heterocycles. The minimum atomic E-state index is -1.42. The highest BCUT2D eigenvalue weighted by Gasteiger charge is 2.69. The van der Waals surface area contributed by atoms with Gasteiger partial charge in [0.25, 0.3) is 0 Å². The van der Waals surface area contributed by atoms with Gasteiger partial charge in [0.1, 0.15) is 5.60 Å². The highest BCUT2D eigenvalue weighted by Crippen LogP contribution is 2.69. The number of carbonyl (C=O) groups excluding carboxylic acids is 2. The number of hydrogen-bond acceptors (Lipinski definition) is 5. The maximum absolute atomic E-state index is 13.1. The molecule has 4 rings (SSSR count). The van der Waals surface area contributed by atoms with E-state index in [-0.39, 0.29) is 29.8 Å². The topological polar surface area (TPSA) is 83.8 Å². The summed E-state index contributed by atoms with van der Waals surface area (Å²) in [5, 5.41) is 21.9. The summed E-state index contributed by atoms with van der Waals surface area (Å²) in [5.74, 6) is 1.13. The van der Waals surface area contributed by atoms with Crippen LogP contribution in [0, 0.1) is 40.4 Å². The van der Waals surface area contributed by atoms with Crippen molar-refractivity contribution in [2.24, 2.45) is 40.4 Å². The first-order valence-electron chi connectivity index (χ1n) is 11.6. The molecule has 0 spiro atoms. The first-order chi connectivity index (χ1) is 13.5. The van der Waals surface area contributed by atoms with Crippen molar-refractivity contribution in [3.8, 4) is 0 Å². The largest absolute Gasteiger partial charge is 0.458 e. The summed E-state index contributed by atoms with van der Waals surface area (Å²) >= 11 is 0. The standard InChI is InChI=1S/C24H38O5/c1-14-11-20-18-6-5-16-12-17(26)7-9-22(16,3)19(18)8-10-23(20,4)24(14,28)21(27)13-29-15(2)25/h14,16-20,26,28H,5-13H2,1-4H3/t14-,16-,17?,18+,19-,20-,22-,23-,24-/m0/s1. The molecule has 1 unspecified atom stereocenters. The molecule has 4 aliphatic carbocycles. The van der Waals surface area contributed by atoms with Crippen LogP contribution < -0.4 is 0 Å². The van der Waals surface area contributed by atoms with Crippen LogP contribution in [-0.4, -0.2) is 40.3 Å². The molecular weight excluding hydrogens is 368 g/mol. The van der Waals surface area contributed by atoms with Gasteiger partial charge >= 0.3 is 5.97 Å². The van der Waals surface area contributed by atoms with Gasteiger partial charge < -0.3 is 14.9 Å². The Morgan fingerprint density at radius 3 is 2.45 bits per heavy atom. The molecule has 9 atom stereocenters. The molecule has 0 saturated heterocycles. The average molecular weight is 407 g/mol. The Balaban J connectivity index is 1.61. The second kappa shape index (κ2) is 7.05. The molecule has 0 amide bonds. The average Bonchev–Trinajstić information content (AvgIpc) is 2.88. The van der Waals surface area contributed by atoms with E-state index >= 15 is 0 Å². The van der Waals surface area contributed by atoms with Crippen molar-refractivity contribution >= 4 is 11.8 Å². The van der Waals surface area contributed by atoms with Crippen molar-refractivity contribution in [3.63, 3.8) is 0 Å². The summed E-state index contributed by atoms with van der Waals surface area (Å²) in [7, 11) is 0. The number of fused-ring (bicyclic) bond motifs is 5. The fourth-order valence-corrected chi connectivity index (χ4v) is 8.45. The van der Waals surface area contributed by atoms with Gasteiger partial charge in [0, 0.05) is 12.3 Å². The number of ether oxygens (including phenoxy) is 1. The molecule has 0 heterocycles. The Bertz CT molecular complexity index is 691. The fraction of sp³-hybridized carbons (Fsp3) is 0.917. The van der Waals surface area contributed by atoms with E-state index in [1.807, 2.05) is 6.92 Å². The summed E-state index contributed by atoms with van der Waals surface area (Å²) in [5.41, 5.74) is -1.60. The normalized spacial score (nSPS) is 51.5. The smallest absolute Gasteiger partial charge is 0.303 e. The molecule has 4 fully saturated rings. The number of rotatable bonds is 3. The SMILES string of the molecule is CC(=O)OCC(=O)[C@@]1(O)[C@@H](C)C[C@H]2[C@@H]3CC[C@H]4CC(O)CC[C@]4(C)[C@H]3CC[C@@]21C. The van der Waals surface area contributed by atoms with Crippen LogP contribution in [0.3, 0.4) is 0 Å². The molecule has 0 radical (unpaired) electrons. The van der Waals surface area contributed by atoms with E-state index < -0.39 is 17.0 Å². The molecule has 0 bridgehead atoms. The molecule has 0 aromatic carbocycles. The van der Waals surface area contributed by atoms with E-state index in [1.165, 1.54) is 6.92 Å². The molecule has 2 N–H and O–H groups in total. The van der Waals surface area contributed by atoms with Crippen molar-refractivity contribution in [3.05, 3.63) is 0 Å². The number of carbonyl (C=O) groups is 2. The lowest BCUT2D eigenvalue weighted by atomic mass is 9.44. The zero-order valence-electron chi connectivity index (χ0n) is 18.4. The summed E-state index contributed by atoms with van der Waals surface area (Å²) < 4.78 is 4.99. The lowest BCUT2D eigenvalue weighted by molar-refractivity contribution is -0.181. The Labute approximate surface area is 174 Å². The number of aliphatic hydroxyl groups excluding tert-OH is 1. The quantitative estimate of drug-likeness (QED) is 0.701. The van der Waals surface area contributed by atoms with Gasteiger partial charge in [0.2, 0.25) is 5.78 Å². The third-order valence-electron chi connectivity index (χ3n) is 10.1. The number of Topliss-reactive ketones (excluding diaryl/α,β-unsaturated/α-hetero) is 1. The highest BCUT2D eigenvalue weighted by molar-refractivity contribution is 5.91. The molecule has 5 heteroatoms. The van der Waals surface area contributed by atoms with Crippen LogP contribution >= 0.6 is 0 Å². The fourth-order valence-electron chi connectivity index (χ4n) is 8.45. The molecule has 0 aliphatic heterocycles.